The maximum atomic E-state index is 13.0. The molecule has 0 aliphatic carbocycles. The maximum absolute atomic E-state index is 13.0. The molecule has 6 nitrogen and oxygen atoms in total. The number of hydrogen-bond acceptors (Lipinski definition) is 3. The summed E-state index contributed by atoms with van der Waals surface area (Å²) in [5.41, 5.74) is 4.59. The summed E-state index contributed by atoms with van der Waals surface area (Å²) in [5, 5.41) is 7.92. The first-order valence-electron chi connectivity index (χ1n) is 12.7. The number of benzene rings is 3. The quantitative estimate of drug-likeness (QED) is 0.370. The predicted octanol–water partition coefficient (Wildman–Crippen LogP) is 5.03. The number of hydrogen-bond donors (Lipinski definition) is 1. The fourth-order valence-electron chi connectivity index (χ4n) is 4.60. The van der Waals surface area contributed by atoms with Gasteiger partial charge >= 0.3 is 0 Å². The number of nitrogens with one attached hydrogen (secondary N) is 1. The molecule has 0 atom stereocenters. The zero-order valence-corrected chi connectivity index (χ0v) is 20.7. The number of carbonyl (C=O) groups is 2. The smallest absolute Gasteiger partial charge is 0.251 e. The molecule has 1 N–H and O–H groups in total. The summed E-state index contributed by atoms with van der Waals surface area (Å²) < 4.78 is 1.92. The van der Waals surface area contributed by atoms with Crippen LogP contribution in [0.5, 0.6) is 0 Å². The van der Waals surface area contributed by atoms with Gasteiger partial charge in [-0.1, -0.05) is 78.9 Å². The van der Waals surface area contributed by atoms with Crippen molar-refractivity contribution in [3.05, 3.63) is 120 Å². The second-order valence-corrected chi connectivity index (χ2v) is 9.25. The summed E-state index contributed by atoms with van der Waals surface area (Å²) in [6.07, 6.45) is 6.97. The summed E-state index contributed by atoms with van der Waals surface area (Å²) in [4.78, 5) is 27.3. The van der Waals surface area contributed by atoms with E-state index in [0.29, 0.717) is 25.2 Å². The van der Waals surface area contributed by atoms with Crippen LogP contribution in [0.4, 0.5) is 0 Å². The largest absolute Gasteiger partial charge is 0.349 e. The topological polar surface area (TPSA) is 67.2 Å². The fourth-order valence-corrected chi connectivity index (χ4v) is 4.60. The molecule has 0 bridgehead atoms. The van der Waals surface area contributed by atoms with Crippen LogP contribution < -0.4 is 5.32 Å². The van der Waals surface area contributed by atoms with Gasteiger partial charge in [0.25, 0.3) is 5.91 Å². The van der Waals surface area contributed by atoms with Crippen LogP contribution in [0.2, 0.25) is 0 Å². The molecule has 186 valence electrons. The van der Waals surface area contributed by atoms with Crippen LogP contribution in [0.3, 0.4) is 0 Å². The molecule has 5 rings (SSSR count). The Morgan fingerprint density at radius 3 is 2.16 bits per heavy atom. The third kappa shape index (κ3) is 6.22. The lowest BCUT2D eigenvalue weighted by atomic mass is 10.0. The highest BCUT2D eigenvalue weighted by Gasteiger charge is 2.23. The van der Waals surface area contributed by atoms with E-state index in [4.69, 9.17) is 5.10 Å². The molecule has 1 aliphatic heterocycles. The Labute approximate surface area is 217 Å². The fraction of sp³-hybridized carbons (Fsp3) is 0.194. The monoisotopic (exact) mass is 490 g/mol. The second kappa shape index (κ2) is 11.5. The number of amides is 2. The van der Waals surface area contributed by atoms with Gasteiger partial charge in [-0.25, -0.2) is 0 Å². The van der Waals surface area contributed by atoms with Crippen molar-refractivity contribution in [2.45, 2.75) is 25.4 Å². The Kier molecular flexibility index (Phi) is 7.55. The third-order valence-corrected chi connectivity index (χ3v) is 6.61. The lowest BCUT2D eigenvalue weighted by Crippen LogP contribution is -2.46. The highest BCUT2D eigenvalue weighted by Crippen LogP contribution is 2.24. The van der Waals surface area contributed by atoms with Gasteiger partial charge in [0.15, 0.2) is 0 Å². The molecule has 4 aromatic rings. The lowest BCUT2D eigenvalue weighted by Gasteiger charge is -2.31. The zero-order chi connectivity index (χ0) is 25.5. The Balaban J connectivity index is 1.23. The summed E-state index contributed by atoms with van der Waals surface area (Å²) in [7, 11) is 0. The molecule has 6 heteroatoms. The van der Waals surface area contributed by atoms with Crippen LogP contribution in [0.15, 0.2) is 103 Å². The molecular weight excluding hydrogens is 460 g/mol. The van der Waals surface area contributed by atoms with Crippen LogP contribution in [0.1, 0.15) is 34.3 Å². The van der Waals surface area contributed by atoms with E-state index in [2.05, 4.69) is 17.4 Å². The van der Waals surface area contributed by atoms with Crippen LogP contribution >= 0.6 is 0 Å². The molecule has 0 saturated carbocycles. The first-order chi connectivity index (χ1) is 18.2. The van der Waals surface area contributed by atoms with Gasteiger partial charge in [-0.2, -0.15) is 5.10 Å². The second-order valence-electron chi connectivity index (χ2n) is 9.25. The van der Waals surface area contributed by atoms with Crippen molar-refractivity contribution < 1.29 is 9.59 Å². The average molecular weight is 491 g/mol. The standard InChI is InChI=1S/C31H30N4O2/c36-29(34-20-18-28(19-21-34)32-31(37)26-14-8-3-9-15-26)17-16-27-23-35(22-24-10-4-1-5-11-24)33-30(27)25-12-6-2-7-13-25/h1-17,23,28H,18-22H2,(H,32,37)/b17-16+. The van der Waals surface area contributed by atoms with E-state index in [1.165, 1.54) is 5.56 Å². The Morgan fingerprint density at radius 1 is 0.865 bits per heavy atom. The third-order valence-electron chi connectivity index (χ3n) is 6.61. The molecule has 1 fully saturated rings. The molecule has 2 amide bonds. The predicted molar refractivity (Wildman–Crippen MR) is 146 cm³/mol. The van der Waals surface area contributed by atoms with E-state index in [-0.39, 0.29) is 17.9 Å². The SMILES string of the molecule is O=C(NC1CCN(C(=O)/C=C/c2cn(Cc3ccccc3)nc2-c2ccccc2)CC1)c1ccccc1. The molecule has 37 heavy (non-hydrogen) atoms. The summed E-state index contributed by atoms with van der Waals surface area (Å²) in [5.74, 6) is -0.0890. The first-order valence-corrected chi connectivity index (χ1v) is 12.7. The van der Waals surface area contributed by atoms with Crippen molar-refractivity contribution in [2.24, 2.45) is 0 Å². The van der Waals surface area contributed by atoms with E-state index in [9.17, 15) is 9.59 Å². The highest BCUT2D eigenvalue weighted by molar-refractivity contribution is 5.94. The highest BCUT2D eigenvalue weighted by atomic mass is 16.2. The normalized spacial score (nSPS) is 14.1. The molecule has 0 unspecified atom stereocenters. The van der Waals surface area contributed by atoms with Crippen LogP contribution in [-0.2, 0) is 11.3 Å². The maximum Gasteiger partial charge on any atom is 0.251 e. The molecule has 2 heterocycles. The van der Waals surface area contributed by atoms with Crippen molar-refractivity contribution in [3.63, 3.8) is 0 Å². The minimum absolute atomic E-state index is 0.0253. The van der Waals surface area contributed by atoms with Crippen molar-refractivity contribution >= 4 is 17.9 Å². The van der Waals surface area contributed by atoms with Gasteiger partial charge in [-0.15, -0.1) is 0 Å². The molecular formula is C31H30N4O2. The van der Waals surface area contributed by atoms with Gasteiger partial charge in [-0.05, 0) is 36.6 Å². The van der Waals surface area contributed by atoms with Gasteiger partial charge in [0.1, 0.15) is 0 Å². The van der Waals surface area contributed by atoms with Crippen LogP contribution in [0, 0.1) is 0 Å². The van der Waals surface area contributed by atoms with Crippen LogP contribution in [0.25, 0.3) is 17.3 Å². The van der Waals surface area contributed by atoms with E-state index < -0.39 is 0 Å². The van der Waals surface area contributed by atoms with Crippen molar-refractivity contribution in [2.75, 3.05) is 13.1 Å². The van der Waals surface area contributed by atoms with Crippen molar-refractivity contribution in [1.29, 1.82) is 0 Å². The Bertz CT molecular complexity index is 1360. The van der Waals surface area contributed by atoms with Crippen molar-refractivity contribution in [1.82, 2.24) is 20.0 Å². The van der Waals surface area contributed by atoms with Gasteiger partial charge in [0, 0.05) is 48.1 Å². The number of carbonyl (C=O) groups excluding carboxylic acids is 2. The molecule has 1 saturated heterocycles. The zero-order valence-electron chi connectivity index (χ0n) is 20.7. The Morgan fingerprint density at radius 2 is 1.49 bits per heavy atom. The lowest BCUT2D eigenvalue weighted by molar-refractivity contribution is -0.126. The molecule has 1 aromatic heterocycles. The number of nitrogens with zero attached hydrogens (tertiary/aromatic N) is 3. The number of likely N-dealkylation sites (tertiary alicyclic amines) is 1. The Hall–Kier alpha value is -4.45. The van der Waals surface area contributed by atoms with Crippen molar-refractivity contribution in [3.8, 4) is 11.3 Å². The van der Waals surface area contributed by atoms with Gasteiger partial charge < -0.3 is 10.2 Å². The van der Waals surface area contributed by atoms with E-state index >= 15 is 0 Å². The average Bonchev–Trinajstić information content (AvgIpc) is 3.36. The van der Waals surface area contributed by atoms with Crippen LogP contribution in [-0.4, -0.2) is 45.6 Å². The van der Waals surface area contributed by atoms with Gasteiger partial charge in [0.05, 0.1) is 12.2 Å². The van der Waals surface area contributed by atoms with Gasteiger partial charge in [-0.3, -0.25) is 14.3 Å². The molecule has 0 radical (unpaired) electrons. The minimum atomic E-state index is -0.0637. The minimum Gasteiger partial charge on any atom is -0.349 e. The number of piperidine rings is 1. The first kappa shape index (κ1) is 24.3. The number of rotatable bonds is 7. The van der Waals surface area contributed by atoms with Gasteiger partial charge in [0.2, 0.25) is 5.91 Å². The van der Waals surface area contributed by atoms with E-state index in [1.807, 2.05) is 101 Å². The molecule has 3 aromatic carbocycles. The van der Waals surface area contributed by atoms with E-state index in [0.717, 1.165) is 29.7 Å². The summed E-state index contributed by atoms with van der Waals surface area (Å²) in [6.45, 7) is 1.88. The van der Waals surface area contributed by atoms with E-state index in [1.54, 1.807) is 6.08 Å². The number of aromatic nitrogens is 2. The molecule has 1 aliphatic rings. The summed E-state index contributed by atoms with van der Waals surface area (Å²) in [6, 6.07) is 29.5. The molecule has 0 spiro atoms. The summed E-state index contributed by atoms with van der Waals surface area (Å²) >= 11 is 0.